The molecule has 14 heavy (non-hydrogen) atoms. The van der Waals surface area contributed by atoms with Crippen LogP contribution in [0.5, 0.6) is 0 Å². The summed E-state index contributed by atoms with van der Waals surface area (Å²) >= 11 is 0. The Bertz CT molecular complexity index is 368. The summed E-state index contributed by atoms with van der Waals surface area (Å²) in [6.45, 7) is 1.94. The Kier molecular flexibility index (Phi) is 3.01. The van der Waals surface area contributed by atoms with Crippen LogP contribution in [0, 0.1) is 0 Å². The van der Waals surface area contributed by atoms with Gasteiger partial charge in [-0.2, -0.15) is 0 Å². The molecule has 0 saturated carbocycles. The molecule has 0 bridgehead atoms. The van der Waals surface area contributed by atoms with Gasteiger partial charge in [0.05, 0.1) is 5.69 Å². The van der Waals surface area contributed by atoms with Gasteiger partial charge in [0.2, 0.25) is 0 Å². The highest BCUT2D eigenvalue weighted by Crippen LogP contribution is 2.11. The van der Waals surface area contributed by atoms with Crippen LogP contribution >= 0.6 is 0 Å². The normalized spacial score (nSPS) is 10.1. The molecule has 0 fully saturated rings. The molecule has 1 heterocycles. The van der Waals surface area contributed by atoms with Crippen molar-refractivity contribution in [2.75, 3.05) is 0 Å². The highest BCUT2D eigenvalue weighted by atomic mass is 16.4. The Morgan fingerprint density at radius 2 is 2.29 bits per heavy atom. The van der Waals surface area contributed by atoms with E-state index in [-0.39, 0.29) is 11.5 Å². The van der Waals surface area contributed by atoms with E-state index >= 15 is 0 Å². The van der Waals surface area contributed by atoms with E-state index in [1.54, 1.807) is 7.05 Å². The molecule has 0 atom stereocenters. The lowest BCUT2D eigenvalue weighted by Crippen LogP contribution is -2.05. The quantitative estimate of drug-likeness (QED) is 0.725. The minimum atomic E-state index is -1.09. The molecule has 0 aliphatic carbocycles. The maximum atomic E-state index is 10.8. The zero-order chi connectivity index (χ0) is 10.7. The van der Waals surface area contributed by atoms with Crippen LogP contribution in [-0.4, -0.2) is 26.9 Å². The van der Waals surface area contributed by atoms with Crippen molar-refractivity contribution in [3.05, 3.63) is 17.2 Å². The van der Waals surface area contributed by atoms with E-state index in [4.69, 9.17) is 5.11 Å². The highest BCUT2D eigenvalue weighted by Gasteiger charge is 2.18. The second-order valence-electron chi connectivity index (χ2n) is 3.00. The van der Waals surface area contributed by atoms with Gasteiger partial charge in [0.1, 0.15) is 0 Å². The van der Waals surface area contributed by atoms with Crippen molar-refractivity contribution in [3.63, 3.8) is 0 Å². The van der Waals surface area contributed by atoms with Gasteiger partial charge in [0.25, 0.3) is 0 Å². The molecule has 0 amide bonds. The molecule has 0 aliphatic heterocycles. The summed E-state index contributed by atoms with van der Waals surface area (Å²) in [5.74, 6) is -0.928. The van der Waals surface area contributed by atoms with Crippen LogP contribution < -0.4 is 0 Å². The minimum absolute atomic E-state index is 0.0172. The van der Waals surface area contributed by atoms with Crippen molar-refractivity contribution in [1.29, 1.82) is 0 Å². The molecule has 5 heteroatoms. The van der Waals surface area contributed by atoms with Gasteiger partial charge in [-0.05, 0) is 6.42 Å². The standard InChI is InChI=1S/C9H12N2O3/c1-3-4-6-8(9(13)14)10-7(5-12)11(6)2/h5H,3-4H2,1-2H3,(H,13,14). The molecule has 0 aromatic carbocycles. The maximum Gasteiger partial charge on any atom is 0.356 e. The van der Waals surface area contributed by atoms with Crippen LogP contribution in [0.2, 0.25) is 0 Å². The van der Waals surface area contributed by atoms with Crippen LogP contribution in [-0.2, 0) is 13.5 Å². The first-order valence-electron chi connectivity index (χ1n) is 4.35. The molecule has 1 N–H and O–H groups in total. The van der Waals surface area contributed by atoms with Crippen LogP contribution in [0.1, 0.15) is 40.1 Å². The number of hydrogen-bond donors (Lipinski definition) is 1. The van der Waals surface area contributed by atoms with Crippen molar-refractivity contribution in [1.82, 2.24) is 9.55 Å². The number of carbonyl (C=O) groups is 2. The van der Waals surface area contributed by atoms with E-state index in [1.165, 1.54) is 4.57 Å². The van der Waals surface area contributed by atoms with E-state index in [9.17, 15) is 9.59 Å². The van der Waals surface area contributed by atoms with Crippen molar-refractivity contribution in [3.8, 4) is 0 Å². The fourth-order valence-electron chi connectivity index (χ4n) is 1.35. The van der Waals surface area contributed by atoms with Gasteiger partial charge in [-0.1, -0.05) is 13.3 Å². The lowest BCUT2D eigenvalue weighted by atomic mass is 10.2. The van der Waals surface area contributed by atoms with Gasteiger partial charge in [0, 0.05) is 7.05 Å². The Labute approximate surface area is 81.4 Å². The van der Waals surface area contributed by atoms with Gasteiger partial charge < -0.3 is 9.67 Å². The zero-order valence-electron chi connectivity index (χ0n) is 8.15. The van der Waals surface area contributed by atoms with Gasteiger partial charge in [0.15, 0.2) is 17.8 Å². The predicted molar refractivity (Wildman–Crippen MR) is 49.5 cm³/mol. The first-order chi connectivity index (χ1) is 6.61. The number of aromatic carboxylic acids is 1. The fraction of sp³-hybridized carbons (Fsp3) is 0.444. The smallest absolute Gasteiger partial charge is 0.356 e. The SMILES string of the molecule is CCCc1c(C(=O)O)nc(C=O)n1C. The first kappa shape index (κ1) is 10.4. The average molecular weight is 196 g/mol. The number of carbonyl (C=O) groups excluding carboxylic acids is 1. The lowest BCUT2D eigenvalue weighted by molar-refractivity contribution is 0.0689. The highest BCUT2D eigenvalue weighted by molar-refractivity contribution is 5.88. The van der Waals surface area contributed by atoms with E-state index in [0.29, 0.717) is 18.4 Å². The molecule has 1 aromatic rings. The van der Waals surface area contributed by atoms with Crippen LogP contribution in [0.3, 0.4) is 0 Å². The summed E-state index contributed by atoms with van der Waals surface area (Å²) in [5, 5.41) is 8.83. The summed E-state index contributed by atoms with van der Waals surface area (Å²) in [5.41, 5.74) is 0.582. The van der Waals surface area contributed by atoms with Crippen LogP contribution in [0.4, 0.5) is 0 Å². The molecule has 1 rings (SSSR count). The second-order valence-corrected chi connectivity index (χ2v) is 3.00. The number of aldehydes is 1. The van der Waals surface area contributed by atoms with E-state index < -0.39 is 5.97 Å². The van der Waals surface area contributed by atoms with E-state index in [0.717, 1.165) is 6.42 Å². The Balaban J connectivity index is 3.26. The van der Waals surface area contributed by atoms with Crippen molar-refractivity contribution < 1.29 is 14.7 Å². The average Bonchev–Trinajstić information content (AvgIpc) is 2.45. The predicted octanol–water partition coefficient (Wildman–Crippen LogP) is 0.883. The topological polar surface area (TPSA) is 72.2 Å². The van der Waals surface area contributed by atoms with Crippen molar-refractivity contribution in [2.45, 2.75) is 19.8 Å². The maximum absolute atomic E-state index is 10.8. The van der Waals surface area contributed by atoms with Gasteiger partial charge >= 0.3 is 5.97 Å². The number of carboxylic acids is 1. The molecule has 0 saturated heterocycles. The molecular weight excluding hydrogens is 184 g/mol. The summed E-state index contributed by atoms with van der Waals surface area (Å²) in [6, 6.07) is 0. The van der Waals surface area contributed by atoms with Crippen molar-refractivity contribution in [2.24, 2.45) is 7.05 Å². The van der Waals surface area contributed by atoms with Gasteiger partial charge in [-0.25, -0.2) is 9.78 Å². The summed E-state index contributed by atoms with van der Waals surface area (Å²) in [6.07, 6.45) is 1.99. The molecule has 0 aliphatic rings. The molecule has 0 radical (unpaired) electrons. The molecule has 76 valence electrons. The number of carboxylic acid groups (broad SMARTS) is 1. The third-order valence-corrected chi connectivity index (χ3v) is 2.04. The van der Waals surface area contributed by atoms with Crippen molar-refractivity contribution >= 4 is 12.3 Å². The third kappa shape index (κ3) is 1.66. The summed E-state index contributed by atoms with van der Waals surface area (Å²) in [7, 11) is 1.65. The van der Waals surface area contributed by atoms with Crippen LogP contribution in [0.15, 0.2) is 0 Å². The minimum Gasteiger partial charge on any atom is -0.476 e. The van der Waals surface area contributed by atoms with Crippen LogP contribution in [0.25, 0.3) is 0 Å². The molecule has 0 spiro atoms. The number of aromatic nitrogens is 2. The molecule has 5 nitrogen and oxygen atoms in total. The summed E-state index contributed by atoms with van der Waals surface area (Å²) < 4.78 is 1.53. The summed E-state index contributed by atoms with van der Waals surface area (Å²) in [4.78, 5) is 25.1. The third-order valence-electron chi connectivity index (χ3n) is 2.04. The Morgan fingerprint density at radius 1 is 1.64 bits per heavy atom. The number of rotatable bonds is 4. The number of hydrogen-bond acceptors (Lipinski definition) is 3. The largest absolute Gasteiger partial charge is 0.476 e. The van der Waals surface area contributed by atoms with E-state index in [1.807, 2.05) is 6.92 Å². The molecule has 1 aromatic heterocycles. The number of imidazole rings is 1. The fourth-order valence-corrected chi connectivity index (χ4v) is 1.35. The molecular formula is C9H12N2O3. The second kappa shape index (κ2) is 4.04. The molecule has 0 unspecified atom stereocenters. The van der Waals surface area contributed by atoms with Gasteiger partial charge in [-0.15, -0.1) is 0 Å². The zero-order valence-corrected chi connectivity index (χ0v) is 8.15. The monoisotopic (exact) mass is 196 g/mol. The Morgan fingerprint density at radius 3 is 2.71 bits per heavy atom. The lowest BCUT2D eigenvalue weighted by Gasteiger charge is -2.01. The Hall–Kier alpha value is -1.65. The first-order valence-corrected chi connectivity index (χ1v) is 4.35. The number of nitrogens with zero attached hydrogens (tertiary/aromatic N) is 2. The van der Waals surface area contributed by atoms with E-state index in [2.05, 4.69) is 4.98 Å². The van der Waals surface area contributed by atoms with Gasteiger partial charge in [-0.3, -0.25) is 4.79 Å².